The van der Waals surface area contributed by atoms with Crippen LogP contribution in [-0.4, -0.2) is 33.8 Å². The first-order valence-electron chi connectivity index (χ1n) is 9.50. The molecular weight excluding hydrogens is 405 g/mol. The summed E-state index contributed by atoms with van der Waals surface area (Å²) in [5, 5.41) is 12.1. The first-order chi connectivity index (χ1) is 14.6. The highest BCUT2D eigenvalue weighted by molar-refractivity contribution is 7.15. The Labute approximate surface area is 176 Å². The fourth-order valence-corrected chi connectivity index (χ4v) is 3.82. The van der Waals surface area contributed by atoms with Gasteiger partial charge in [-0.3, -0.25) is 0 Å². The van der Waals surface area contributed by atoms with Crippen LogP contribution in [0.1, 0.15) is 12.6 Å². The molecule has 154 valence electrons. The van der Waals surface area contributed by atoms with Crippen LogP contribution in [0.5, 0.6) is 5.75 Å². The number of carbonyl (C=O) groups is 1. The van der Waals surface area contributed by atoms with Crippen LogP contribution >= 0.6 is 11.3 Å². The van der Waals surface area contributed by atoms with Crippen molar-refractivity contribution in [2.24, 2.45) is 0 Å². The number of carbonyl (C=O) groups excluding carboxylic acids is 1. The molecule has 2 amide bonds. The minimum atomic E-state index is -0.327. The smallest absolute Gasteiger partial charge is 0.319 e. The van der Waals surface area contributed by atoms with Gasteiger partial charge in [0.1, 0.15) is 11.6 Å². The highest BCUT2D eigenvalue weighted by Crippen LogP contribution is 2.24. The molecule has 0 bridgehead atoms. The molecule has 0 saturated carbocycles. The first-order valence-corrected chi connectivity index (χ1v) is 10.4. The second-order valence-corrected chi connectivity index (χ2v) is 7.26. The van der Waals surface area contributed by atoms with Crippen LogP contribution in [-0.2, 0) is 6.42 Å². The number of nitrogens with zero attached hydrogens (tertiary/aromatic N) is 3. The van der Waals surface area contributed by atoms with Gasteiger partial charge in [0.05, 0.1) is 18.0 Å². The number of hydrogen-bond acceptors (Lipinski definition) is 5. The Kier molecular flexibility index (Phi) is 5.89. The number of ether oxygens (including phenoxy) is 1. The largest absolute Gasteiger partial charge is 0.492 e. The van der Waals surface area contributed by atoms with Crippen molar-refractivity contribution in [2.75, 3.05) is 18.5 Å². The van der Waals surface area contributed by atoms with Gasteiger partial charge in [0.2, 0.25) is 4.96 Å². The Bertz CT molecular complexity index is 1170. The molecule has 0 spiro atoms. The lowest BCUT2D eigenvalue weighted by Crippen LogP contribution is -2.30. The third kappa shape index (κ3) is 4.41. The topological polar surface area (TPSA) is 80.5 Å². The molecule has 4 rings (SSSR count). The number of anilines is 1. The van der Waals surface area contributed by atoms with Crippen molar-refractivity contribution in [3.63, 3.8) is 0 Å². The zero-order valence-corrected chi connectivity index (χ0v) is 17.1. The molecular formula is C21H20FN5O2S. The van der Waals surface area contributed by atoms with Crippen LogP contribution in [0, 0.1) is 5.82 Å². The molecule has 0 radical (unpaired) electrons. The summed E-state index contributed by atoms with van der Waals surface area (Å²) in [4.78, 5) is 17.4. The fraction of sp³-hybridized carbons (Fsp3) is 0.190. The Morgan fingerprint density at radius 2 is 2.10 bits per heavy atom. The number of hydrogen-bond donors (Lipinski definition) is 2. The maximum atomic E-state index is 13.5. The predicted octanol–water partition coefficient (Wildman–Crippen LogP) is 4.36. The average molecular weight is 425 g/mol. The van der Waals surface area contributed by atoms with Gasteiger partial charge in [-0.2, -0.15) is 4.98 Å². The normalized spacial score (nSPS) is 10.9. The highest BCUT2D eigenvalue weighted by Gasteiger charge is 2.13. The number of aromatic nitrogens is 3. The Hall–Kier alpha value is -3.46. The number of benzene rings is 2. The third-order valence-corrected chi connectivity index (χ3v) is 5.20. The fourth-order valence-electron chi connectivity index (χ4n) is 2.97. The number of amides is 2. The van der Waals surface area contributed by atoms with Crippen molar-refractivity contribution >= 4 is 28.0 Å². The van der Waals surface area contributed by atoms with Crippen molar-refractivity contribution in [1.29, 1.82) is 0 Å². The summed E-state index contributed by atoms with van der Waals surface area (Å²) in [6.07, 6.45) is 0.576. The molecule has 0 fully saturated rings. The Balaban J connectivity index is 1.38. The van der Waals surface area contributed by atoms with E-state index in [1.54, 1.807) is 22.7 Å². The van der Waals surface area contributed by atoms with E-state index >= 15 is 0 Å². The minimum Gasteiger partial charge on any atom is -0.492 e. The number of urea groups is 1. The molecule has 4 aromatic rings. The van der Waals surface area contributed by atoms with Gasteiger partial charge in [-0.1, -0.05) is 24.3 Å². The van der Waals surface area contributed by atoms with E-state index in [-0.39, 0.29) is 11.8 Å². The number of thiazole rings is 1. The first kappa shape index (κ1) is 19.8. The van der Waals surface area contributed by atoms with Crippen LogP contribution in [0.4, 0.5) is 14.9 Å². The molecule has 0 saturated heterocycles. The van der Waals surface area contributed by atoms with Crippen molar-refractivity contribution in [2.45, 2.75) is 13.3 Å². The van der Waals surface area contributed by atoms with Gasteiger partial charge in [0.25, 0.3) is 0 Å². The third-order valence-electron chi connectivity index (χ3n) is 4.33. The van der Waals surface area contributed by atoms with Crippen molar-refractivity contribution in [3.8, 4) is 17.1 Å². The van der Waals surface area contributed by atoms with Gasteiger partial charge in [0.15, 0.2) is 5.82 Å². The second-order valence-electron chi connectivity index (χ2n) is 6.43. The molecule has 2 N–H and O–H groups in total. The number of fused-ring (bicyclic) bond motifs is 1. The van der Waals surface area contributed by atoms with Gasteiger partial charge in [0, 0.05) is 23.9 Å². The van der Waals surface area contributed by atoms with E-state index in [4.69, 9.17) is 4.74 Å². The highest BCUT2D eigenvalue weighted by atomic mass is 32.1. The number of halogens is 1. The molecule has 2 aromatic carbocycles. The zero-order chi connectivity index (χ0) is 20.9. The van der Waals surface area contributed by atoms with E-state index in [1.807, 2.05) is 30.5 Å². The number of nitrogens with one attached hydrogen (secondary N) is 2. The van der Waals surface area contributed by atoms with Gasteiger partial charge in [-0.15, -0.1) is 16.4 Å². The summed E-state index contributed by atoms with van der Waals surface area (Å²) in [5.74, 6) is 0.773. The molecule has 9 heteroatoms. The molecule has 30 heavy (non-hydrogen) atoms. The molecule has 0 unspecified atom stereocenters. The Morgan fingerprint density at radius 1 is 1.23 bits per heavy atom. The van der Waals surface area contributed by atoms with E-state index in [0.29, 0.717) is 42.4 Å². The van der Waals surface area contributed by atoms with E-state index in [2.05, 4.69) is 20.7 Å². The van der Waals surface area contributed by atoms with Crippen LogP contribution in [0.25, 0.3) is 16.3 Å². The van der Waals surface area contributed by atoms with E-state index < -0.39 is 0 Å². The lowest BCUT2D eigenvalue weighted by atomic mass is 10.2. The van der Waals surface area contributed by atoms with Crippen molar-refractivity contribution in [1.82, 2.24) is 19.9 Å². The van der Waals surface area contributed by atoms with Gasteiger partial charge in [-0.25, -0.2) is 13.7 Å². The van der Waals surface area contributed by atoms with Crippen molar-refractivity contribution < 1.29 is 13.9 Å². The van der Waals surface area contributed by atoms with Gasteiger partial charge < -0.3 is 15.4 Å². The summed E-state index contributed by atoms with van der Waals surface area (Å²) >= 11 is 1.45. The average Bonchev–Trinajstić information content (AvgIpc) is 3.31. The molecule has 0 aliphatic carbocycles. The monoisotopic (exact) mass is 425 g/mol. The Morgan fingerprint density at radius 3 is 2.93 bits per heavy atom. The van der Waals surface area contributed by atoms with Crippen molar-refractivity contribution in [3.05, 3.63) is 65.4 Å². The summed E-state index contributed by atoms with van der Waals surface area (Å²) in [6.45, 7) is 2.83. The molecule has 7 nitrogen and oxygen atoms in total. The molecule has 2 aromatic heterocycles. The number of rotatable bonds is 7. The number of para-hydroxylation sites is 2. The quantitative estimate of drug-likeness (QED) is 0.461. The van der Waals surface area contributed by atoms with Crippen LogP contribution < -0.4 is 15.4 Å². The predicted molar refractivity (Wildman–Crippen MR) is 115 cm³/mol. The molecule has 0 aliphatic rings. The maximum absolute atomic E-state index is 13.5. The zero-order valence-electron chi connectivity index (χ0n) is 16.3. The van der Waals surface area contributed by atoms with E-state index in [0.717, 1.165) is 10.7 Å². The second kappa shape index (κ2) is 8.91. The van der Waals surface area contributed by atoms with E-state index in [1.165, 1.54) is 23.5 Å². The van der Waals surface area contributed by atoms with Crippen LogP contribution in [0.2, 0.25) is 0 Å². The standard InChI is InChI=1S/C21H20FN5O2S/c1-2-29-18-9-4-3-8-17(18)24-20(28)23-11-10-16-13-30-21-25-19(26-27(16)21)14-6-5-7-15(22)12-14/h3-9,12-13H,2,10-11H2,1H3,(H2,23,24,28). The summed E-state index contributed by atoms with van der Waals surface area (Å²) in [5.41, 5.74) is 2.16. The summed E-state index contributed by atoms with van der Waals surface area (Å²) < 4.78 is 20.7. The molecule has 0 atom stereocenters. The molecule has 0 aliphatic heterocycles. The minimum absolute atomic E-state index is 0.312. The SMILES string of the molecule is CCOc1ccccc1NC(=O)NCCc1csc2nc(-c3cccc(F)c3)nn12. The van der Waals surface area contributed by atoms with Crippen LogP contribution in [0.15, 0.2) is 53.9 Å². The molecule has 2 heterocycles. The lowest BCUT2D eigenvalue weighted by molar-refractivity contribution is 0.252. The van der Waals surface area contributed by atoms with Crippen LogP contribution in [0.3, 0.4) is 0 Å². The summed E-state index contributed by atoms with van der Waals surface area (Å²) in [6, 6.07) is 13.2. The summed E-state index contributed by atoms with van der Waals surface area (Å²) in [7, 11) is 0. The van der Waals surface area contributed by atoms with Gasteiger partial charge >= 0.3 is 6.03 Å². The van der Waals surface area contributed by atoms with Gasteiger partial charge in [-0.05, 0) is 31.2 Å². The lowest BCUT2D eigenvalue weighted by Gasteiger charge is -2.11. The van der Waals surface area contributed by atoms with E-state index in [9.17, 15) is 9.18 Å². The maximum Gasteiger partial charge on any atom is 0.319 e.